The van der Waals surface area contributed by atoms with Gasteiger partial charge >= 0.3 is 6.09 Å². The van der Waals surface area contributed by atoms with Crippen LogP contribution >= 0.6 is 0 Å². The van der Waals surface area contributed by atoms with Crippen LogP contribution in [0.1, 0.15) is 40.2 Å². The number of nitrogens with one attached hydrogen (secondary N) is 2. The van der Waals surface area contributed by atoms with Gasteiger partial charge in [-0.1, -0.05) is 13.8 Å². The molecule has 1 aromatic heterocycles. The maximum absolute atomic E-state index is 12.3. The highest BCUT2D eigenvalue weighted by Gasteiger charge is 2.26. The second-order valence-corrected chi connectivity index (χ2v) is 6.44. The number of carbonyl (C=O) groups excluding carboxylic acids is 2. The molecule has 122 valence electrons. The Bertz CT molecular complexity index is 495. The van der Waals surface area contributed by atoms with E-state index in [0.717, 1.165) is 5.56 Å². The number of carbonyl (C=O) groups is 2. The molecule has 6 nitrogen and oxygen atoms in total. The average molecular weight is 307 g/mol. The topological polar surface area (TPSA) is 80.3 Å². The second-order valence-electron chi connectivity index (χ2n) is 6.44. The van der Waals surface area contributed by atoms with E-state index in [1.807, 2.05) is 26.0 Å². The van der Waals surface area contributed by atoms with Crippen molar-refractivity contribution in [2.45, 2.75) is 52.8 Å². The van der Waals surface area contributed by atoms with Crippen molar-refractivity contribution in [3.8, 4) is 0 Å². The van der Waals surface area contributed by atoms with Crippen LogP contribution in [-0.4, -0.2) is 28.6 Å². The predicted octanol–water partition coefficient (Wildman–Crippen LogP) is 2.25. The summed E-state index contributed by atoms with van der Waals surface area (Å²) >= 11 is 0. The molecule has 0 saturated heterocycles. The summed E-state index contributed by atoms with van der Waals surface area (Å²) in [6.07, 6.45) is 2.74. The summed E-state index contributed by atoms with van der Waals surface area (Å²) < 4.78 is 5.19. The third-order valence-corrected chi connectivity index (χ3v) is 2.84. The van der Waals surface area contributed by atoms with E-state index in [2.05, 4.69) is 15.6 Å². The summed E-state index contributed by atoms with van der Waals surface area (Å²) in [5, 5.41) is 5.44. The Morgan fingerprint density at radius 3 is 2.32 bits per heavy atom. The van der Waals surface area contributed by atoms with Gasteiger partial charge in [0.2, 0.25) is 5.91 Å². The zero-order chi connectivity index (χ0) is 16.8. The van der Waals surface area contributed by atoms with E-state index in [1.165, 1.54) is 0 Å². The maximum atomic E-state index is 12.3. The van der Waals surface area contributed by atoms with Crippen molar-refractivity contribution >= 4 is 12.0 Å². The summed E-state index contributed by atoms with van der Waals surface area (Å²) in [5.41, 5.74) is 0.349. The van der Waals surface area contributed by atoms with Crippen LogP contribution < -0.4 is 10.6 Å². The smallest absolute Gasteiger partial charge is 0.408 e. The standard InChI is InChI=1S/C16H25N3O3/c1-11(2)13(19-15(21)22-16(3,4)5)14(20)18-10-12-6-8-17-9-7-12/h6-9,11,13H,10H2,1-5H3,(H,18,20)(H,19,21)/t13-/m0/s1. The normalized spacial score (nSPS) is 12.6. The van der Waals surface area contributed by atoms with Gasteiger partial charge in [-0.05, 0) is 44.4 Å². The van der Waals surface area contributed by atoms with Gasteiger partial charge in [-0.25, -0.2) is 4.79 Å². The van der Waals surface area contributed by atoms with Crippen LogP contribution in [0.2, 0.25) is 0 Å². The number of rotatable bonds is 5. The van der Waals surface area contributed by atoms with E-state index >= 15 is 0 Å². The zero-order valence-electron chi connectivity index (χ0n) is 13.8. The molecule has 0 fully saturated rings. The average Bonchev–Trinajstić information content (AvgIpc) is 2.41. The summed E-state index contributed by atoms with van der Waals surface area (Å²) in [4.78, 5) is 28.0. The number of pyridine rings is 1. The van der Waals surface area contributed by atoms with E-state index < -0.39 is 17.7 Å². The molecule has 0 aliphatic rings. The molecule has 22 heavy (non-hydrogen) atoms. The largest absolute Gasteiger partial charge is 0.444 e. The molecule has 1 heterocycles. The van der Waals surface area contributed by atoms with Gasteiger partial charge in [0, 0.05) is 18.9 Å². The highest BCUT2D eigenvalue weighted by molar-refractivity contribution is 5.85. The zero-order valence-corrected chi connectivity index (χ0v) is 13.8. The predicted molar refractivity (Wildman–Crippen MR) is 84.1 cm³/mol. The number of alkyl carbamates (subject to hydrolysis) is 1. The van der Waals surface area contributed by atoms with Crippen molar-refractivity contribution in [3.05, 3.63) is 30.1 Å². The molecular formula is C16H25N3O3. The fraction of sp³-hybridized carbons (Fsp3) is 0.562. The fourth-order valence-corrected chi connectivity index (χ4v) is 1.77. The molecule has 0 spiro atoms. The molecule has 0 aromatic carbocycles. The molecule has 0 saturated carbocycles. The van der Waals surface area contributed by atoms with E-state index in [4.69, 9.17) is 4.74 Å². The molecular weight excluding hydrogens is 282 g/mol. The first kappa shape index (κ1) is 17.9. The van der Waals surface area contributed by atoms with Crippen LogP contribution in [0.4, 0.5) is 4.79 Å². The molecule has 1 rings (SSSR count). The van der Waals surface area contributed by atoms with Crippen LogP contribution in [0.25, 0.3) is 0 Å². The second kappa shape index (κ2) is 7.77. The number of nitrogens with zero attached hydrogens (tertiary/aromatic N) is 1. The Balaban J connectivity index is 2.58. The molecule has 1 atom stereocenters. The number of ether oxygens (including phenoxy) is 1. The van der Waals surface area contributed by atoms with E-state index in [9.17, 15) is 9.59 Å². The van der Waals surface area contributed by atoms with Crippen LogP contribution in [-0.2, 0) is 16.1 Å². The maximum Gasteiger partial charge on any atom is 0.408 e. The lowest BCUT2D eigenvalue weighted by Crippen LogP contribution is -2.50. The third-order valence-electron chi connectivity index (χ3n) is 2.84. The monoisotopic (exact) mass is 307 g/mol. The first-order valence-corrected chi connectivity index (χ1v) is 7.35. The molecule has 0 bridgehead atoms. The van der Waals surface area contributed by atoms with E-state index in [-0.39, 0.29) is 11.8 Å². The van der Waals surface area contributed by atoms with Crippen molar-refractivity contribution in [1.29, 1.82) is 0 Å². The highest BCUT2D eigenvalue weighted by atomic mass is 16.6. The van der Waals surface area contributed by atoms with Crippen LogP contribution in [0.3, 0.4) is 0 Å². The van der Waals surface area contributed by atoms with Gasteiger partial charge in [0.05, 0.1) is 0 Å². The third kappa shape index (κ3) is 6.56. The van der Waals surface area contributed by atoms with Crippen molar-refractivity contribution < 1.29 is 14.3 Å². The number of hydrogen-bond donors (Lipinski definition) is 2. The lowest BCUT2D eigenvalue weighted by atomic mass is 10.0. The summed E-state index contributed by atoms with van der Waals surface area (Å²) in [7, 11) is 0. The van der Waals surface area contributed by atoms with Crippen molar-refractivity contribution in [2.24, 2.45) is 5.92 Å². The lowest BCUT2D eigenvalue weighted by Gasteiger charge is -2.25. The number of hydrogen-bond acceptors (Lipinski definition) is 4. The van der Waals surface area contributed by atoms with Crippen molar-refractivity contribution in [3.63, 3.8) is 0 Å². The summed E-state index contributed by atoms with van der Waals surface area (Å²) in [6, 6.07) is 3.01. The van der Waals surface area contributed by atoms with Gasteiger partial charge in [-0.15, -0.1) is 0 Å². The minimum atomic E-state index is -0.642. The molecule has 1 aromatic rings. The summed E-state index contributed by atoms with van der Waals surface area (Å²) in [5.74, 6) is -0.289. The number of amides is 2. The van der Waals surface area contributed by atoms with Gasteiger partial charge in [0.1, 0.15) is 11.6 Å². The van der Waals surface area contributed by atoms with E-state index in [0.29, 0.717) is 6.54 Å². The van der Waals surface area contributed by atoms with Gasteiger partial charge in [0.25, 0.3) is 0 Å². The first-order valence-electron chi connectivity index (χ1n) is 7.35. The minimum Gasteiger partial charge on any atom is -0.444 e. The van der Waals surface area contributed by atoms with Gasteiger partial charge in [-0.3, -0.25) is 9.78 Å². The molecule has 2 amide bonds. The Hall–Kier alpha value is -2.11. The van der Waals surface area contributed by atoms with Crippen molar-refractivity contribution in [2.75, 3.05) is 0 Å². The summed E-state index contributed by atoms with van der Waals surface area (Å²) in [6.45, 7) is 9.46. The molecule has 6 heteroatoms. The van der Waals surface area contributed by atoms with E-state index in [1.54, 1.807) is 33.2 Å². The van der Waals surface area contributed by atoms with Gasteiger partial charge < -0.3 is 15.4 Å². The minimum absolute atomic E-state index is 0.0510. The van der Waals surface area contributed by atoms with Crippen molar-refractivity contribution in [1.82, 2.24) is 15.6 Å². The Morgan fingerprint density at radius 1 is 1.23 bits per heavy atom. The molecule has 0 aliphatic carbocycles. The molecule has 0 unspecified atom stereocenters. The molecule has 0 aliphatic heterocycles. The molecule has 2 N–H and O–H groups in total. The first-order chi connectivity index (χ1) is 10.2. The Morgan fingerprint density at radius 2 is 1.82 bits per heavy atom. The number of aromatic nitrogens is 1. The van der Waals surface area contributed by atoms with Crippen LogP contribution in [0.5, 0.6) is 0 Å². The quantitative estimate of drug-likeness (QED) is 0.874. The van der Waals surface area contributed by atoms with Crippen LogP contribution in [0, 0.1) is 5.92 Å². The van der Waals surface area contributed by atoms with Crippen LogP contribution in [0.15, 0.2) is 24.5 Å². The Labute approximate surface area is 131 Å². The fourth-order valence-electron chi connectivity index (χ4n) is 1.77. The van der Waals surface area contributed by atoms with Gasteiger partial charge in [-0.2, -0.15) is 0 Å². The Kier molecular flexibility index (Phi) is 6.34. The highest BCUT2D eigenvalue weighted by Crippen LogP contribution is 2.09. The SMILES string of the molecule is CC(C)[C@H](NC(=O)OC(C)(C)C)C(=O)NCc1ccncc1. The van der Waals surface area contributed by atoms with Gasteiger partial charge in [0.15, 0.2) is 0 Å². The lowest BCUT2D eigenvalue weighted by molar-refractivity contribution is -0.124. The molecule has 0 radical (unpaired) electrons.